The summed E-state index contributed by atoms with van der Waals surface area (Å²) in [4.78, 5) is 0. The van der Waals surface area contributed by atoms with Crippen LogP contribution in [0, 0.1) is 6.92 Å². The van der Waals surface area contributed by atoms with Crippen LogP contribution in [0.1, 0.15) is 11.1 Å². The number of alkyl halides is 1. The zero-order valence-electron chi connectivity index (χ0n) is 6.00. The maximum Gasteiger partial charge on any atom is 0.0485 e. The topological polar surface area (TPSA) is 0 Å². The standard InChI is InChI=1S/C8H7Br2Cl/c1-5-2-6(4-11)8(10)7(9)3-5/h2-3H,4H2,1H3. The van der Waals surface area contributed by atoms with E-state index >= 15 is 0 Å². The molecule has 60 valence electrons. The van der Waals surface area contributed by atoms with Crippen LogP contribution in [0.5, 0.6) is 0 Å². The van der Waals surface area contributed by atoms with Gasteiger partial charge in [-0.15, -0.1) is 11.6 Å². The van der Waals surface area contributed by atoms with Crippen LogP contribution in [0.15, 0.2) is 21.1 Å². The first-order valence-corrected chi connectivity index (χ1v) is 5.27. The van der Waals surface area contributed by atoms with Gasteiger partial charge in [0.1, 0.15) is 0 Å². The first kappa shape index (κ1) is 9.56. The van der Waals surface area contributed by atoms with E-state index in [4.69, 9.17) is 11.6 Å². The lowest BCUT2D eigenvalue weighted by atomic mass is 10.2. The Kier molecular flexibility index (Phi) is 3.41. The van der Waals surface area contributed by atoms with Crippen molar-refractivity contribution >= 4 is 43.5 Å². The molecule has 0 fully saturated rings. The second-order valence-corrected chi connectivity index (χ2v) is 4.27. The van der Waals surface area contributed by atoms with Crippen molar-refractivity contribution in [3.63, 3.8) is 0 Å². The summed E-state index contributed by atoms with van der Waals surface area (Å²) in [6.45, 7) is 2.05. The minimum Gasteiger partial charge on any atom is -0.122 e. The molecule has 0 N–H and O–H groups in total. The highest BCUT2D eigenvalue weighted by Crippen LogP contribution is 2.29. The van der Waals surface area contributed by atoms with E-state index in [0.717, 1.165) is 14.5 Å². The number of benzene rings is 1. The van der Waals surface area contributed by atoms with E-state index in [1.807, 2.05) is 6.92 Å². The van der Waals surface area contributed by atoms with Crippen LogP contribution in [-0.2, 0) is 5.88 Å². The molecule has 0 nitrogen and oxygen atoms in total. The van der Waals surface area contributed by atoms with E-state index in [2.05, 4.69) is 44.0 Å². The van der Waals surface area contributed by atoms with Gasteiger partial charge in [0.2, 0.25) is 0 Å². The SMILES string of the molecule is Cc1cc(Br)c(Br)c(CCl)c1. The van der Waals surface area contributed by atoms with Gasteiger partial charge >= 0.3 is 0 Å². The third kappa shape index (κ3) is 2.20. The van der Waals surface area contributed by atoms with Crippen LogP contribution >= 0.6 is 43.5 Å². The molecule has 0 spiro atoms. The number of aryl methyl sites for hydroxylation is 1. The third-order valence-corrected chi connectivity index (χ3v) is 3.77. The van der Waals surface area contributed by atoms with Crippen LogP contribution in [0.4, 0.5) is 0 Å². The van der Waals surface area contributed by atoms with Crippen molar-refractivity contribution in [3.05, 3.63) is 32.2 Å². The van der Waals surface area contributed by atoms with Crippen molar-refractivity contribution in [3.8, 4) is 0 Å². The van der Waals surface area contributed by atoms with Crippen LogP contribution in [0.3, 0.4) is 0 Å². The predicted molar refractivity (Wildman–Crippen MR) is 56.1 cm³/mol. The Morgan fingerprint density at radius 3 is 2.55 bits per heavy atom. The van der Waals surface area contributed by atoms with Gasteiger partial charge in [0.25, 0.3) is 0 Å². The van der Waals surface area contributed by atoms with E-state index in [9.17, 15) is 0 Å². The van der Waals surface area contributed by atoms with Crippen LogP contribution in [-0.4, -0.2) is 0 Å². The second kappa shape index (κ2) is 3.92. The molecule has 0 atom stereocenters. The molecule has 0 saturated heterocycles. The first-order chi connectivity index (χ1) is 5.15. The maximum atomic E-state index is 5.73. The van der Waals surface area contributed by atoms with Gasteiger partial charge in [0, 0.05) is 14.8 Å². The van der Waals surface area contributed by atoms with E-state index in [-0.39, 0.29) is 0 Å². The van der Waals surface area contributed by atoms with E-state index in [1.165, 1.54) is 5.56 Å². The average molecular weight is 298 g/mol. The smallest absolute Gasteiger partial charge is 0.0485 e. The van der Waals surface area contributed by atoms with Gasteiger partial charge in [-0.3, -0.25) is 0 Å². The fourth-order valence-electron chi connectivity index (χ4n) is 0.894. The first-order valence-electron chi connectivity index (χ1n) is 3.15. The number of hydrogen-bond acceptors (Lipinski definition) is 0. The molecule has 0 aliphatic carbocycles. The van der Waals surface area contributed by atoms with Crippen LogP contribution in [0.2, 0.25) is 0 Å². The van der Waals surface area contributed by atoms with Gasteiger partial charge < -0.3 is 0 Å². The summed E-state index contributed by atoms with van der Waals surface area (Å²) in [5, 5.41) is 0. The highest BCUT2D eigenvalue weighted by Gasteiger charge is 2.03. The van der Waals surface area contributed by atoms with Gasteiger partial charge in [0.05, 0.1) is 0 Å². The highest BCUT2D eigenvalue weighted by molar-refractivity contribution is 9.13. The molecule has 1 aromatic carbocycles. The van der Waals surface area contributed by atoms with Gasteiger partial charge in [-0.2, -0.15) is 0 Å². The lowest BCUT2D eigenvalue weighted by Gasteiger charge is -2.03. The predicted octanol–water partition coefficient (Wildman–Crippen LogP) is 4.26. The maximum absolute atomic E-state index is 5.73. The molecule has 0 aromatic heterocycles. The summed E-state index contributed by atoms with van der Waals surface area (Å²) in [6, 6.07) is 4.13. The zero-order chi connectivity index (χ0) is 8.43. The molecule has 0 unspecified atom stereocenters. The molecule has 0 amide bonds. The average Bonchev–Trinajstić information content (AvgIpc) is 1.96. The Balaban J connectivity index is 3.24. The lowest BCUT2D eigenvalue weighted by molar-refractivity contribution is 1.30. The largest absolute Gasteiger partial charge is 0.122 e. The monoisotopic (exact) mass is 296 g/mol. The summed E-state index contributed by atoms with van der Waals surface area (Å²) in [5.74, 6) is 0.543. The molecule has 0 radical (unpaired) electrons. The van der Waals surface area contributed by atoms with Crippen molar-refractivity contribution in [1.82, 2.24) is 0 Å². The lowest BCUT2D eigenvalue weighted by Crippen LogP contribution is -1.84. The Morgan fingerprint density at radius 1 is 1.36 bits per heavy atom. The molecule has 3 heteroatoms. The van der Waals surface area contributed by atoms with Crippen molar-refractivity contribution in [1.29, 1.82) is 0 Å². The fourth-order valence-corrected chi connectivity index (χ4v) is 2.25. The van der Waals surface area contributed by atoms with Crippen LogP contribution in [0.25, 0.3) is 0 Å². The van der Waals surface area contributed by atoms with Crippen molar-refractivity contribution in [2.75, 3.05) is 0 Å². The molecule has 0 bridgehead atoms. The van der Waals surface area contributed by atoms with Crippen molar-refractivity contribution in [2.24, 2.45) is 0 Å². The van der Waals surface area contributed by atoms with E-state index < -0.39 is 0 Å². The minimum atomic E-state index is 0.543. The third-order valence-electron chi connectivity index (χ3n) is 1.39. The fraction of sp³-hybridized carbons (Fsp3) is 0.250. The van der Waals surface area contributed by atoms with Gasteiger partial charge in [-0.25, -0.2) is 0 Å². The molecule has 0 heterocycles. The number of hydrogen-bond donors (Lipinski definition) is 0. The Hall–Kier alpha value is 0.470. The molecule has 0 aliphatic rings. The van der Waals surface area contributed by atoms with E-state index in [0.29, 0.717) is 5.88 Å². The molecular weight excluding hydrogens is 291 g/mol. The van der Waals surface area contributed by atoms with Crippen molar-refractivity contribution < 1.29 is 0 Å². The molecular formula is C8H7Br2Cl. The molecule has 1 aromatic rings. The molecule has 11 heavy (non-hydrogen) atoms. The summed E-state index contributed by atoms with van der Waals surface area (Å²) >= 11 is 12.6. The van der Waals surface area contributed by atoms with E-state index in [1.54, 1.807) is 0 Å². The van der Waals surface area contributed by atoms with Crippen molar-refractivity contribution in [2.45, 2.75) is 12.8 Å². The molecule has 0 aliphatic heterocycles. The number of halogens is 3. The van der Waals surface area contributed by atoms with Gasteiger partial charge in [-0.05, 0) is 56.0 Å². The van der Waals surface area contributed by atoms with Gasteiger partial charge in [0.15, 0.2) is 0 Å². The summed E-state index contributed by atoms with van der Waals surface area (Å²) in [7, 11) is 0. The summed E-state index contributed by atoms with van der Waals surface area (Å²) < 4.78 is 2.12. The van der Waals surface area contributed by atoms with Gasteiger partial charge in [-0.1, -0.05) is 6.07 Å². The second-order valence-electron chi connectivity index (χ2n) is 2.35. The summed E-state index contributed by atoms with van der Waals surface area (Å²) in [6.07, 6.45) is 0. The molecule has 1 rings (SSSR count). The Morgan fingerprint density at radius 2 is 2.00 bits per heavy atom. The Bertz CT molecular complexity index is 271. The Labute approximate surface area is 88.2 Å². The number of rotatable bonds is 1. The zero-order valence-corrected chi connectivity index (χ0v) is 9.92. The molecule has 0 saturated carbocycles. The highest BCUT2D eigenvalue weighted by atomic mass is 79.9. The summed E-state index contributed by atoms with van der Waals surface area (Å²) in [5.41, 5.74) is 2.34. The minimum absolute atomic E-state index is 0.543. The quantitative estimate of drug-likeness (QED) is 0.680. The van der Waals surface area contributed by atoms with Crippen LogP contribution < -0.4 is 0 Å². The normalized spacial score (nSPS) is 10.2.